The Morgan fingerprint density at radius 3 is 2.56 bits per heavy atom. The summed E-state index contributed by atoms with van der Waals surface area (Å²) in [5.74, 6) is 0.555. The van der Waals surface area contributed by atoms with Crippen molar-refractivity contribution in [2.24, 2.45) is 0 Å². The first-order valence-corrected chi connectivity index (χ1v) is 4.95. The molecule has 0 aliphatic carbocycles. The Labute approximate surface area is 94.6 Å². The number of hydrogen-bond acceptors (Lipinski definition) is 3. The number of carbonyl (C=O) groups is 1. The van der Waals surface area contributed by atoms with Crippen molar-refractivity contribution in [3.05, 3.63) is 29.8 Å². The largest absolute Gasteiger partial charge is 0.497 e. The molecule has 1 radical (unpaired) electrons. The van der Waals surface area contributed by atoms with Crippen LogP contribution in [0.25, 0.3) is 0 Å². The van der Waals surface area contributed by atoms with Crippen molar-refractivity contribution >= 4 is 12.2 Å². The second-order valence-corrected chi connectivity index (χ2v) is 3.43. The Bertz CT molecular complexity index is 359. The highest BCUT2D eigenvalue weighted by Crippen LogP contribution is 2.11. The number of methoxy groups -OCH3 is 1. The molecule has 0 spiro atoms. The van der Waals surface area contributed by atoms with Crippen LogP contribution in [0.2, 0.25) is 0 Å². The van der Waals surface area contributed by atoms with E-state index in [1.165, 1.54) is 0 Å². The molecule has 0 aromatic heterocycles. The standard InChI is InChI=1S/C12H14NO3/c1-9(8-14)13-12(15)7-10-3-5-11(16-2)6-4-10/h3-6,9H,7H2,1-2H3,(H,13,15)/t9-/m0/s1. The van der Waals surface area contributed by atoms with Crippen molar-refractivity contribution in [2.75, 3.05) is 7.11 Å². The van der Waals surface area contributed by atoms with Gasteiger partial charge in [-0.3, -0.25) is 9.59 Å². The monoisotopic (exact) mass is 220 g/mol. The van der Waals surface area contributed by atoms with E-state index in [0.717, 1.165) is 11.3 Å². The van der Waals surface area contributed by atoms with E-state index in [9.17, 15) is 9.59 Å². The molecule has 85 valence electrons. The number of benzene rings is 1. The van der Waals surface area contributed by atoms with Crippen LogP contribution in [0.5, 0.6) is 5.75 Å². The summed E-state index contributed by atoms with van der Waals surface area (Å²) in [6, 6.07) is 6.64. The average Bonchev–Trinajstić information content (AvgIpc) is 2.29. The van der Waals surface area contributed by atoms with Gasteiger partial charge in [-0.05, 0) is 24.6 Å². The van der Waals surface area contributed by atoms with Gasteiger partial charge >= 0.3 is 0 Å². The first-order valence-electron chi connectivity index (χ1n) is 4.95. The Balaban J connectivity index is 2.52. The number of ether oxygens (including phenoxy) is 1. The number of hydrogen-bond donors (Lipinski definition) is 1. The molecule has 0 heterocycles. The van der Waals surface area contributed by atoms with Gasteiger partial charge in [-0.2, -0.15) is 0 Å². The maximum absolute atomic E-state index is 11.4. The van der Waals surface area contributed by atoms with E-state index in [0.29, 0.717) is 0 Å². The highest BCUT2D eigenvalue weighted by molar-refractivity contribution is 5.81. The number of rotatable bonds is 5. The van der Waals surface area contributed by atoms with Crippen molar-refractivity contribution in [2.45, 2.75) is 19.4 Å². The summed E-state index contributed by atoms with van der Waals surface area (Å²) >= 11 is 0. The average molecular weight is 220 g/mol. The number of nitrogens with one attached hydrogen (secondary N) is 1. The van der Waals surface area contributed by atoms with Crippen molar-refractivity contribution in [3.8, 4) is 5.75 Å². The minimum atomic E-state index is -0.564. The smallest absolute Gasteiger partial charge is 0.225 e. The molecule has 1 amide bonds. The molecule has 1 atom stereocenters. The topological polar surface area (TPSA) is 55.4 Å². The fraction of sp³-hybridized carbons (Fsp3) is 0.333. The SMILES string of the molecule is COc1ccc(CC(=O)N[C@@H](C)[C]=O)cc1. The molecular weight excluding hydrogens is 206 g/mol. The third-order valence-corrected chi connectivity index (χ3v) is 2.08. The second-order valence-electron chi connectivity index (χ2n) is 3.43. The molecule has 4 heteroatoms. The zero-order chi connectivity index (χ0) is 12.0. The van der Waals surface area contributed by atoms with Gasteiger partial charge in [0.05, 0.1) is 19.6 Å². The summed E-state index contributed by atoms with van der Waals surface area (Å²) in [5.41, 5.74) is 0.872. The maximum Gasteiger partial charge on any atom is 0.225 e. The lowest BCUT2D eigenvalue weighted by molar-refractivity contribution is -0.120. The van der Waals surface area contributed by atoms with E-state index in [2.05, 4.69) is 5.32 Å². The molecule has 16 heavy (non-hydrogen) atoms. The summed E-state index contributed by atoms with van der Waals surface area (Å²) < 4.78 is 5.00. The summed E-state index contributed by atoms with van der Waals surface area (Å²) in [5, 5.41) is 2.51. The van der Waals surface area contributed by atoms with E-state index in [-0.39, 0.29) is 12.3 Å². The molecule has 0 saturated carbocycles. The Hall–Kier alpha value is -1.84. The highest BCUT2D eigenvalue weighted by atomic mass is 16.5. The van der Waals surface area contributed by atoms with E-state index in [4.69, 9.17) is 4.74 Å². The fourth-order valence-electron chi connectivity index (χ4n) is 1.25. The molecule has 4 nitrogen and oxygen atoms in total. The van der Waals surface area contributed by atoms with Gasteiger partial charge in [0.2, 0.25) is 12.2 Å². The van der Waals surface area contributed by atoms with Crippen LogP contribution in [0.1, 0.15) is 12.5 Å². The normalized spacial score (nSPS) is 11.6. The first-order chi connectivity index (χ1) is 7.65. The predicted octanol–water partition coefficient (Wildman–Crippen LogP) is 0.852. The first kappa shape index (κ1) is 12.2. The van der Waals surface area contributed by atoms with Gasteiger partial charge in [-0.1, -0.05) is 12.1 Å². The fourth-order valence-corrected chi connectivity index (χ4v) is 1.25. The summed E-state index contributed by atoms with van der Waals surface area (Å²) in [4.78, 5) is 21.6. The van der Waals surface area contributed by atoms with Crippen LogP contribution in [0, 0.1) is 0 Å². The molecule has 0 aliphatic rings. The van der Waals surface area contributed by atoms with Crippen molar-refractivity contribution in [3.63, 3.8) is 0 Å². The molecular formula is C12H14NO3. The van der Waals surface area contributed by atoms with Crippen molar-refractivity contribution in [1.82, 2.24) is 5.32 Å². The van der Waals surface area contributed by atoms with E-state index >= 15 is 0 Å². The third-order valence-electron chi connectivity index (χ3n) is 2.08. The zero-order valence-electron chi connectivity index (χ0n) is 9.32. The van der Waals surface area contributed by atoms with Gasteiger partial charge in [0.1, 0.15) is 5.75 Å². The third kappa shape index (κ3) is 3.73. The predicted molar refractivity (Wildman–Crippen MR) is 60.0 cm³/mol. The van der Waals surface area contributed by atoms with Crippen LogP contribution in [0.3, 0.4) is 0 Å². The Morgan fingerprint density at radius 1 is 1.44 bits per heavy atom. The minimum Gasteiger partial charge on any atom is -0.497 e. The lowest BCUT2D eigenvalue weighted by Crippen LogP contribution is -2.34. The van der Waals surface area contributed by atoms with Gasteiger partial charge in [0, 0.05) is 0 Å². The Kier molecular flexibility index (Phi) is 4.51. The molecule has 0 aliphatic heterocycles. The van der Waals surface area contributed by atoms with Crippen LogP contribution in [0.15, 0.2) is 24.3 Å². The van der Waals surface area contributed by atoms with Crippen molar-refractivity contribution < 1.29 is 14.3 Å². The molecule has 1 aromatic rings. The van der Waals surface area contributed by atoms with E-state index < -0.39 is 6.04 Å². The number of carbonyl (C=O) groups excluding carboxylic acids is 2. The lowest BCUT2D eigenvalue weighted by atomic mass is 10.1. The molecule has 0 fully saturated rings. The van der Waals surface area contributed by atoms with Crippen LogP contribution in [-0.4, -0.2) is 25.3 Å². The summed E-state index contributed by atoms with van der Waals surface area (Å²) in [7, 11) is 1.59. The molecule has 1 rings (SSSR count). The summed E-state index contributed by atoms with van der Waals surface area (Å²) in [6.45, 7) is 1.58. The zero-order valence-corrected chi connectivity index (χ0v) is 9.32. The number of amides is 1. The van der Waals surface area contributed by atoms with Crippen LogP contribution < -0.4 is 10.1 Å². The molecule has 0 saturated heterocycles. The second kappa shape index (κ2) is 5.90. The van der Waals surface area contributed by atoms with E-state index in [1.807, 2.05) is 12.1 Å². The van der Waals surface area contributed by atoms with Gasteiger partial charge < -0.3 is 10.1 Å². The van der Waals surface area contributed by atoms with E-state index in [1.54, 1.807) is 32.5 Å². The maximum atomic E-state index is 11.4. The van der Waals surface area contributed by atoms with Crippen LogP contribution in [0.4, 0.5) is 0 Å². The van der Waals surface area contributed by atoms with Crippen molar-refractivity contribution in [1.29, 1.82) is 0 Å². The van der Waals surface area contributed by atoms with Gasteiger partial charge in [0.25, 0.3) is 0 Å². The summed E-state index contributed by atoms with van der Waals surface area (Å²) in [6.07, 6.45) is 1.94. The van der Waals surface area contributed by atoms with Gasteiger partial charge in [-0.25, -0.2) is 0 Å². The minimum absolute atomic E-state index is 0.194. The Morgan fingerprint density at radius 2 is 2.06 bits per heavy atom. The van der Waals surface area contributed by atoms with Crippen LogP contribution >= 0.6 is 0 Å². The van der Waals surface area contributed by atoms with Crippen LogP contribution in [-0.2, 0) is 16.0 Å². The van der Waals surface area contributed by atoms with Gasteiger partial charge in [-0.15, -0.1) is 0 Å². The molecule has 1 N–H and O–H groups in total. The lowest BCUT2D eigenvalue weighted by Gasteiger charge is -2.07. The highest BCUT2D eigenvalue weighted by Gasteiger charge is 2.07. The molecule has 1 aromatic carbocycles. The quantitative estimate of drug-likeness (QED) is 0.800. The molecule has 0 unspecified atom stereocenters. The molecule has 0 bridgehead atoms. The van der Waals surface area contributed by atoms with Gasteiger partial charge in [0.15, 0.2) is 0 Å².